The summed E-state index contributed by atoms with van der Waals surface area (Å²) in [5.74, 6) is 1.13. The van der Waals surface area contributed by atoms with Crippen molar-refractivity contribution in [3.63, 3.8) is 0 Å². The van der Waals surface area contributed by atoms with Crippen LogP contribution >= 0.6 is 0 Å². The van der Waals surface area contributed by atoms with Gasteiger partial charge in [-0.25, -0.2) is 4.98 Å². The monoisotopic (exact) mass is 266 g/mol. The van der Waals surface area contributed by atoms with Gasteiger partial charge in [0.25, 0.3) is 0 Å². The highest BCUT2D eigenvalue weighted by molar-refractivity contribution is 4.96. The third kappa shape index (κ3) is 3.76. The zero-order valence-electron chi connectivity index (χ0n) is 12.2. The van der Waals surface area contributed by atoms with Crippen molar-refractivity contribution < 1.29 is 4.74 Å². The second kappa shape index (κ2) is 7.01. The van der Waals surface area contributed by atoms with Gasteiger partial charge < -0.3 is 10.1 Å². The zero-order chi connectivity index (χ0) is 13.6. The van der Waals surface area contributed by atoms with Gasteiger partial charge in [0.2, 0.25) is 0 Å². The van der Waals surface area contributed by atoms with E-state index in [9.17, 15) is 0 Å². The summed E-state index contributed by atoms with van der Waals surface area (Å²) in [6, 6.07) is 0. The lowest BCUT2D eigenvalue weighted by atomic mass is 9.77. The molecule has 0 bridgehead atoms. The van der Waals surface area contributed by atoms with Crippen LogP contribution in [0.3, 0.4) is 0 Å². The Bertz CT molecular complexity index is 371. The second-order valence-corrected chi connectivity index (χ2v) is 5.47. The Morgan fingerprint density at radius 2 is 2.16 bits per heavy atom. The van der Waals surface area contributed by atoms with Gasteiger partial charge in [0.05, 0.1) is 0 Å². The second-order valence-electron chi connectivity index (χ2n) is 5.47. The van der Waals surface area contributed by atoms with Crippen molar-refractivity contribution in [1.82, 2.24) is 20.1 Å². The predicted molar refractivity (Wildman–Crippen MR) is 75.0 cm³/mol. The number of nitrogens with one attached hydrogen (secondary N) is 1. The number of hydrogen-bond donors (Lipinski definition) is 1. The first-order valence-corrected chi connectivity index (χ1v) is 7.45. The number of hydrogen-bond acceptors (Lipinski definition) is 4. The fraction of sp³-hybridized carbons (Fsp3) is 0.857. The summed E-state index contributed by atoms with van der Waals surface area (Å²) in [6.45, 7) is 9.10. The van der Waals surface area contributed by atoms with Gasteiger partial charge in [-0.1, -0.05) is 13.8 Å². The van der Waals surface area contributed by atoms with Gasteiger partial charge in [0.1, 0.15) is 12.2 Å². The molecule has 5 nitrogen and oxygen atoms in total. The first kappa shape index (κ1) is 14.5. The van der Waals surface area contributed by atoms with E-state index in [1.165, 1.54) is 0 Å². The fourth-order valence-electron chi connectivity index (χ4n) is 2.77. The fourth-order valence-corrected chi connectivity index (χ4v) is 2.77. The zero-order valence-corrected chi connectivity index (χ0v) is 12.2. The lowest BCUT2D eigenvalue weighted by molar-refractivity contribution is 0.0137. The van der Waals surface area contributed by atoms with E-state index < -0.39 is 0 Å². The molecule has 1 aromatic heterocycles. The average molecular weight is 266 g/mol. The first-order chi connectivity index (χ1) is 9.29. The molecule has 5 heteroatoms. The van der Waals surface area contributed by atoms with Crippen LogP contribution in [0.25, 0.3) is 0 Å². The van der Waals surface area contributed by atoms with Crippen molar-refractivity contribution in [3.05, 3.63) is 12.2 Å². The lowest BCUT2D eigenvalue weighted by Gasteiger charge is -2.37. The van der Waals surface area contributed by atoms with Crippen LogP contribution in [-0.2, 0) is 17.7 Å². The summed E-state index contributed by atoms with van der Waals surface area (Å²) < 4.78 is 7.59. The summed E-state index contributed by atoms with van der Waals surface area (Å²) >= 11 is 0. The van der Waals surface area contributed by atoms with E-state index in [1.54, 1.807) is 6.33 Å². The quantitative estimate of drug-likeness (QED) is 0.815. The molecule has 0 aromatic carbocycles. The van der Waals surface area contributed by atoms with E-state index in [1.807, 2.05) is 0 Å². The van der Waals surface area contributed by atoms with Crippen molar-refractivity contribution in [3.8, 4) is 0 Å². The highest BCUT2D eigenvalue weighted by atomic mass is 16.5. The van der Waals surface area contributed by atoms with Gasteiger partial charge in [-0.15, -0.1) is 0 Å². The van der Waals surface area contributed by atoms with E-state index in [4.69, 9.17) is 4.74 Å². The summed E-state index contributed by atoms with van der Waals surface area (Å²) in [4.78, 5) is 4.47. The molecule has 0 radical (unpaired) electrons. The highest BCUT2D eigenvalue weighted by Crippen LogP contribution is 2.33. The average Bonchev–Trinajstić information content (AvgIpc) is 2.85. The Hall–Kier alpha value is -0.940. The van der Waals surface area contributed by atoms with E-state index in [2.05, 4.69) is 33.9 Å². The molecule has 0 amide bonds. The molecule has 1 aliphatic rings. The highest BCUT2D eigenvalue weighted by Gasteiger charge is 2.33. The van der Waals surface area contributed by atoms with Crippen LogP contribution in [-0.4, -0.2) is 41.1 Å². The predicted octanol–water partition coefficient (Wildman–Crippen LogP) is 1.64. The van der Waals surface area contributed by atoms with Crippen LogP contribution < -0.4 is 5.32 Å². The minimum Gasteiger partial charge on any atom is -0.381 e. The van der Waals surface area contributed by atoms with Crippen molar-refractivity contribution in [2.45, 2.75) is 46.1 Å². The van der Waals surface area contributed by atoms with E-state index in [0.717, 1.165) is 64.4 Å². The maximum Gasteiger partial charge on any atom is 0.138 e. The van der Waals surface area contributed by atoms with Crippen LogP contribution in [0.1, 0.15) is 38.9 Å². The van der Waals surface area contributed by atoms with Crippen molar-refractivity contribution >= 4 is 0 Å². The smallest absolute Gasteiger partial charge is 0.138 e. The van der Waals surface area contributed by atoms with Gasteiger partial charge in [0, 0.05) is 32.7 Å². The Balaban J connectivity index is 2.07. The lowest BCUT2D eigenvalue weighted by Crippen LogP contribution is -2.41. The van der Waals surface area contributed by atoms with Gasteiger partial charge in [-0.2, -0.15) is 5.10 Å². The summed E-state index contributed by atoms with van der Waals surface area (Å²) in [7, 11) is 0. The molecule has 0 unspecified atom stereocenters. The van der Waals surface area contributed by atoms with Crippen LogP contribution in [0, 0.1) is 5.41 Å². The molecule has 0 atom stereocenters. The molecule has 2 heterocycles. The maximum atomic E-state index is 5.53. The topological polar surface area (TPSA) is 52.0 Å². The van der Waals surface area contributed by atoms with Crippen molar-refractivity contribution in [2.75, 3.05) is 26.3 Å². The molecule has 19 heavy (non-hydrogen) atoms. The molecule has 0 aliphatic carbocycles. The largest absolute Gasteiger partial charge is 0.381 e. The number of ether oxygens (including phenoxy) is 1. The molecule has 1 aliphatic heterocycles. The van der Waals surface area contributed by atoms with Gasteiger partial charge in [-0.05, 0) is 31.2 Å². The number of aromatic nitrogens is 3. The van der Waals surface area contributed by atoms with Crippen molar-refractivity contribution in [1.29, 1.82) is 0 Å². The van der Waals surface area contributed by atoms with Crippen LogP contribution in [0.5, 0.6) is 0 Å². The molecular weight excluding hydrogens is 240 g/mol. The Morgan fingerprint density at radius 1 is 1.37 bits per heavy atom. The summed E-state index contributed by atoms with van der Waals surface area (Å²) in [6.07, 6.45) is 6.01. The van der Waals surface area contributed by atoms with Gasteiger partial charge >= 0.3 is 0 Å². The standard InChI is InChI=1S/C14H26N4O/c1-3-7-18-13(16-12-17-18)10-14(11-15-4-2)5-8-19-9-6-14/h12,15H,3-11H2,1-2H3. The Labute approximate surface area is 115 Å². The van der Waals surface area contributed by atoms with Gasteiger partial charge in [0.15, 0.2) is 0 Å². The van der Waals surface area contributed by atoms with Crippen LogP contribution in [0.2, 0.25) is 0 Å². The number of nitrogens with zero attached hydrogens (tertiary/aromatic N) is 3. The molecule has 2 rings (SSSR count). The van der Waals surface area contributed by atoms with E-state index in [-0.39, 0.29) is 5.41 Å². The molecule has 1 N–H and O–H groups in total. The van der Waals surface area contributed by atoms with Crippen LogP contribution in [0.4, 0.5) is 0 Å². The normalized spacial score (nSPS) is 18.6. The third-order valence-corrected chi connectivity index (χ3v) is 3.97. The molecular formula is C14H26N4O. The summed E-state index contributed by atoms with van der Waals surface area (Å²) in [5.41, 5.74) is 0.285. The molecule has 0 spiro atoms. The molecule has 1 saturated heterocycles. The van der Waals surface area contributed by atoms with Crippen molar-refractivity contribution in [2.24, 2.45) is 5.41 Å². The molecule has 1 fully saturated rings. The molecule has 108 valence electrons. The van der Waals surface area contributed by atoms with Gasteiger partial charge in [-0.3, -0.25) is 4.68 Å². The minimum absolute atomic E-state index is 0.285. The van der Waals surface area contributed by atoms with E-state index in [0.29, 0.717) is 0 Å². The van der Waals surface area contributed by atoms with Crippen LogP contribution in [0.15, 0.2) is 6.33 Å². The summed E-state index contributed by atoms with van der Waals surface area (Å²) in [5, 5.41) is 7.85. The number of rotatable bonds is 7. The molecule has 1 aromatic rings. The first-order valence-electron chi connectivity index (χ1n) is 7.45. The third-order valence-electron chi connectivity index (χ3n) is 3.97. The minimum atomic E-state index is 0.285. The maximum absolute atomic E-state index is 5.53. The SMILES string of the molecule is CCCn1ncnc1CC1(CNCC)CCOCC1. The van der Waals surface area contributed by atoms with E-state index >= 15 is 0 Å². The molecule has 0 saturated carbocycles. The Morgan fingerprint density at radius 3 is 2.84 bits per heavy atom. The Kier molecular flexibility index (Phi) is 5.34. The number of aryl methyl sites for hydroxylation is 1.